The molecule has 0 saturated heterocycles. The first-order valence-corrected chi connectivity index (χ1v) is 20.6. The number of fused-ring (bicyclic) bond motifs is 4. The van der Waals surface area contributed by atoms with Crippen molar-refractivity contribution in [3.05, 3.63) is 46.1 Å². The molecule has 0 aromatic heterocycles. The lowest BCUT2D eigenvalue weighted by molar-refractivity contribution is -0.137. The number of carboxylic acid groups (broad SMARTS) is 1. The maximum absolute atomic E-state index is 12.1. The monoisotopic (exact) mass is 743 g/mol. The summed E-state index contributed by atoms with van der Waals surface area (Å²) in [5.41, 5.74) is 0.686. The first-order chi connectivity index (χ1) is 22.4. The SMILES string of the molecule is CC1(C)CC(CS(=O)(=O)[O-])c2cc3c(cc2N1CCCC(=O)O)Oc1cc2c(cc1=N3)C(CS(=O)(=O)O)CC(C)(C)[N+]=2CCCS(=O)(=O)O. The largest absolute Gasteiger partial charge is 0.748 e. The van der Waals surface area contributed by atoms with Crippen LogP contribution in [0.4, 0.5) is 11.4 Å². The first-order valence-electron chi connectivity index (χ1n) is 15.8. The summed E-state index contributed by atoms with van der Waals surface area (Å²) in [6.07, 6.45) is 0.905. The number of hydrogen-bond acceptors (Lipinski definition) is 11. The second-order valence-electron chi connectivity index (χ2n) is 14.3. The predicted octanol–water partition coefficient (Wildman–Crippen LogP) is 2.15. The zero-order chi connectivity index (χ0) is 36.3. The molecular formula is C31H41N3O12S3. The molecule has 2 atom stereocenters. The number of benzene rings is 2. The van der Waals surface area contributed by atoms with Crippen LogP contribution in [0.3, 0.4) is 0 Å². The highest BCUT2D eigenvalue weighted by atomic mass is 32.2. The van der Waals surface area contributed by atoms with E-state index >= 15 is 0 Å². The van der Waals surface area contributed by atoms with Crippen molar-refractivity contribution in [1.82, 2.24) is 4.58 Å². The molecule has 3 aliphatic heterocycles. The number of carbonyl (C=O) groups is 1. The molecule has 3 N–H and O–H groups in total. The lowest BCUT2D eigenvalue weighted by atomic mass is 9.79. The van der Waals surface area contributed by atoms with Gasteiger partial charge < -0.3 is 19.3 Å². The Morgan fingerprint density at radius 2 is 1.61 bits per heavy atom. The van der Waals surface area contributed by atoms with E-state index in [2.05, 4.69) is 0 Å². The second kappa shape index (κ2) is 12.9. The summed E-state index contributed by atoms with van der Waals surface area (Å²) in [4.78, 5) is 18.1. The molecule has 2 aromatic rings. The van der Waals surface area contributed by atoms with E-state index in [1.807, 2.05) is 37.2 Å². The summed E-state index contributed by atoms with van der Waals surface area (Å²) in [5.74, 6) is -3.35. The summed E-state index contributed by atoms with van der Waals surface area (Å²) in [6, 6.07) is 6.72. The molecule has 0 saturated carbocycles. The van der Waals surface area contributed by atoms with Crippen LogP contribution < -0.4 is 24.9 Å². The number of hydrogen-bond donors (Lipinski definition) is 3. The number of carboxylic acids is 1. The minimum Gasteiger partial charge on any atom is -0.748 e. The Hall–Kier alpha value is -3.16. The topological polar surface area (TPSA) is 231 Å². The number of rotatable bonds is 12. The van der Waals surface area contributed by atoms with Crippen LogP contribution in [-0.2, 0) is 35.1 Å². The molecule has 15 nitrogen and oxygen atoms in total. The van der Waals surface area contributed by atoms with Gasteiger partial charge in [0.05, 0.1) is 27.7 Å². The van der Waals surface area contributed by atoms with Gasteiger partial charge in [-0.25, -0.2) is 18.0 Å². The van der Waals surface area contributed by atoms with Crippen LogP contribution in [0.1, 0.15) is 82.8 Å². The van der Waals surface area contributed by atoms with E-state index in [1.54, 1.807) is 24.3 Å². The third-order valence-corrected chi connectivity index (χ3v) is 11.9. The summed E-state index contributed by atoms with van der Waals surface area (Å²) < 4.78 is 110. The van der Waals surface area contributed by atoms with Gasteiger partial charge in [0, 0.05) is 66.3 Å². The summed E-state index contributed by atoms with van der Waals surface area (Å²) in [5, 5.41) is 10.1. The fraction of sp³-hybridized carbons (Fsp3) is 0.581. The van der Waals surface area contributed by atoms with Gasteiger partial charge in [-0.3, -0.25) is 13.9 Å². The number of ether oxygens (including phenoxy) is 1. The van der Waals surface area contributed by atoms with Crippen LogP contribution in [0, 0.1) is 0 Å². The first kappa shape index (κ1) is 37.1. The van der Waals surface area contributed by atoms with E-state index in [-0.39, 0.29) is 25.8 Å². The molecule has 18 heteroatoms. The van der Waals surface area contributed by atoms with Gasteiger partial charge in [-0.1, -0.05) is 0 Å². The second-order valence-corrected chi connectivity index (χ2v) is 18.8. The van der Waals surface area contributed by atoms with Crippen LogP contribution in [0.2, 0.25) is 0 Å². The molecule has 2 aromatic carbocycles. The van der Waals surface area contributed by atoms with Gasteiger partial charge in [-0.15, -0.1) is 0 Å². The maximum Gasteiger partial charge on any atom is 0.303 e. The van der Waals surface area contributed by atoms with E-state index < -0.39 is 76.5 Å². The normalized spacial score (nSPS) is 21.0. The highest BCUT2D eigenvalue weighted by Crippen LogP contribution is 2.49. The minimum atomic E-state index is -4.62. The molecule has 3 heterocycles. The van der Waals surface area contributed by atoms with Gasteiger partial charge in [-0.05, 0) is 58.2 Å². The van der Waals surface area contributed by atoms with Gasteiger partial charge in [0.1, 0.15) is 17.6 Å². The van der Waals surface area contributed by atoms with Crippen molar-refractivity contribution in [1.29, 1.82) is 0 Å². The molecule has 0 spiro atoms. The number of nitrogens with zero attached hydrogens (tertiary/aromatic N) is 3. The smallest absolute Gasteiger partial charge is 0.303 e. The standard InChI is InChI=1S/C31H41N3O12S3/c1-30(2)15-19(17-48(40,41)42)21-11-23-27(13-25(21)33(30)8-5-7-29(35)36)46-28-14-26-22(12-24(28)32-23)20(18-49(43,44)45)16-31(3,4)34(26)9-6-10-47(37,38)39/h11-14,19-20H,5-10,15-18H2,1-4H3,(H3-,35,36,37,38,39,40,41,42,43,44,45). The zero-order valence-corrected chi connectivity index (χ0v) is 30.1. The summed E-state index contributed by atoms with van der Waals surface area (Å²) in [7, 11) is -13.3. The van der Waals surface area contributed by atoms with Crippen molar-refractivity contribution in [2.45, 2.75) is 82.7 Å². The van der Waals surface area contributed by atoms with Crippen molar-refractivity contribution in [3.8, 4) is 11.5 Å². The molecule has 5 rings (SSSR count). The molecule has 0 bridgehead atoms. The Morgan fingerprint density at radius 1 is 0.939 bits per heavy atom. The molecule has 0 fully saturated rings. The van der Waals surface area contributed by atoms with Crippen LogP contribution in [-0.4, -0.2) is 91.4 Å². The quantitative estimate of drug-likeness (QED) is 0.179. The van der Waals surface area contributed by atoms with E-state index in [1.165, 1.54) is 0 Å². The maximum atomic E-state index is 12.1. The summed E-state index contributed by atoms with van der Waals surface area (Å²) >= 11 is 0. The molecule has 0 amide bonds. The lowest BCUT2D eigenvalue weighted by Crippen LogP contribution is -2.54. The Labute approximate surface area is 285 Å². The Morgan fingerprint density at radius 3 is 2.22 bits per heavy atom. The van der Waals surface area contributed by atoms with Crippen molar-refractivity contribution >= 4 is 47.7 Å². The fourth-order valence-electron chi connectivity index (χ4n) is 7.59. The van der Waals surface area contributed by atoms with E-state index in [0.717, 1.165) is 0 Å². The molecule has 3 aliphatic rings. The van der Waals surface area contributed by atoms with Gasteiger partial charge in [0.15, 0.2) is 17.0 Å². The molecule has 0 radical (unpaired) electrons. The van der Waals surface area contributed by atoms with Crippen molar-refractivity contribution in [2.75, 3.05) is 35.2 Å². The van der Waals surface area contributed by atoms with Gasteiger partial charge in [0.2, 0.25) is 5.36 Å². The van der Waals surface area contributed by atoms with Gasteiger partial charge in [-0.2, -0.15) is 16.8 Å². The third kappa shape index (κ3) is 8.60. The molecule has 270 valence electrons. The highest BCUT2D eigenvalue weighted by molar-refractivity contribution is 7.86. The molecule has 2 unspecified atom stereocenters. The van der Waals surface area contributed by atoms with Crippen molar-refractivity contribution in [2.24, 2.45) is 4.99 Å². The third-order valence-electron chi connectivity index (χ3n) is 9.47. The van der Waals surface area contributed by atoms with Crippen molar-refractivity contribution in [3.63, 3.8) is 0 Å². The van der Waals surface area contributed by atoms with Crippen LogP contribution in [0.25, 0.3) is 0 Å². The molecule has 0 aliphatic carbocycles. The predicted molar refractivity (Wildman–Crippen MR) is 179 cm³/mol. The number of aliphatic carboxylic acids is 1. The van der Waals surface area contributed by atoms with Gasteiger partial charge >= 0.3 is 5.97 Å². The van der Waals surface area contributed by atoms with E-state index in [9.17, 15) is 48.8 Å². The lowest BCUT2D eigenvalue weighted by Gasteiger charge is -2.48. The average Bonchev–Trinajstić information content (AvgIpc) is 2.91. The van der Waals surface area contributed by atoms with E-state index in [0.29, 0.717) is 64.1 Å². The number of anilines is 1. The minimum absolute atomic E-state index is 0.0782. The zero-order valence-electron chi connectivity index (χ0n) is 27.6. The van der Waals surface area contributed by atoms with Crippen molar-refractivity contribution < 1.29 is 53.5 Å². The van der Waals surface area contributed by atoms with Crippen LogP contribution in [0.15, 0.2) is 29.3 Å². The molecule has 49 heavy (non-hydrogen) atoms. The van der Waals surface area contributed by atoms with E-state index in [4.69, 9.17) is 9.73 Å². The fourth-order valence-corrected chi connectivity index (χ4v) is 9.68. The van der Waals surface area contributed by atoms with Crippen LogP contribution >= 0.6 is 0 Å². The highest BCUT2D eigenvalue weighted by Gasteiger charge is 2.43. The Kier molecular flexibility index (Phi) is 9.74. The average molecular weight is 744 g/mol. The Bertz CT molecular complexity index is 2150. The van der Waals surface area contributed by atoms with Gasteiger partial charge in [0.25, 0.3) is 20.2 Å². The van der Waals surface area contributed by atoms with Crippen LogP contribution in [0.5, 0.6) is 11.5 Å². The summed E-state index contributed by atoms with van der Waals surface area (Å²) in [6.45, 7) is 8.07. The molecular weight excluding hydrogens is 703 g/mol. The Balaban J connectivity index is 1.69.